The van der Waals surface area contributed by atoms with Crippen LogP contribution >= 0.6 is 15.9 Å². The van der Waals surface area contributed by atoms with Crippen LogP contribution < -0.4 is 4.90 Å². The second-order valence-electron chi connectivity index (χ2n) is 4.24. The lowest BCUT2D eigenvalue weighted by molar-refractivity contribution is -0.138. The first-order valence-corrected chi connectivity index (χ1v) is 6.35. The Balaban J connectivity index is 2.39. The second kappa shape index (κ2) is 4.57. The molecule has 2 nitrogen and oxygen atoms in total. The molecule has 0 bridgehead atoms. The molecule has 1 amide bonds. The molecule has 1 atom stereocenters. The fourth-order valence-electron chi connectivity index (χ4n) is 1.98. The lowest BCUT2D eigenvalue weighted by atomic mass is 10.1. The van der Waals surface area contributed by atoms with Crippen LogP contribution in [0.5, 0.6) is 0 Å². The molecule has 0 saturated carbocycles. The van der Waals surface area contributed by atoms with Crippen molar-refractivity contribution in [2.45, 2.75) is 24.3 Å². The maximum atomic E-state index is 12.8. The SMILES string of the molecule is Cc1ccc(N2CCC(Br)C2=O)cc1C(F)(F)F. The predicted molar refractivity (Wildman–Crippen MR) is 65.9 cm³/mol. The molecule has 98 valence electrons. The van der Waals surface area contributed by atoms with Crippen molar-refractivity contribution < 1.29 is 18.0 Å². The Labute approximate surface area is 111 Å². The van der Waals surface area contributed by atoms with Crippen LogP contribution in [0.15, 0.2) is 18.2 Å². The molecule has 0 N–H and O–H groups in total. The molecule has 18 heavy (non-hydrogen) atoms. The number of amides is 1. The highest BCUT2D eigenvalue weighted by Crippen LogP contribution is 2.35. The molecule has 0 spiro atoms. The molecule has 1 aromatic carbocycles. The first-order valence-electron chi connectivity index (χ1n) is 5.44. The third-order valence-electron chi connectivity index (χ3n) is 2.98. The summed E-state index contributed by atoms with van der Waals surface area (Å²) in [5.41, 5.74) is -0.223. The van der Waals surface area contributed by atoms with E-state index in [0.717, 1.165) is 6.07 Å². The molecule has 6 heteroatoms. The van der Waals surface area contributed by atoms with Gasteiger partial charge in [0, 0.05) is 12.2 Å². The molecule has 1 aliphatic heterocycles. The average Bonchev–Trinajstić information content (AvgIpc) is 2.59. The molecule has 0 aromatic heterocycles. The third kappa shape index (κ3) is 2.39. The zero-order valence-electron chi connectivity index (χ0n) is 9.59. The van der Waals surface area contributed by atoms with Crippen molar-refractivity contribution >= 4 is 27.5 Å². The Morgan fingerprint density at radius 3 is 2.56 bits per heavy atom. The van der Waals surface area contributed by atoms with Gasteiger partial charge in [-0.15, -0.1) is 0 Å². The number of hydrogen-bond acceptors (Lipinski definition) is 1. The van der Waals surface area contributed by atoms with Gasteiger partial charge in [0.1, 0.15) is 0 Å². The molecule has 1 saturated heterocycles. The summed E-state index contributed by atoms with van der Waals surface area (Å²) in [7, 11) is 0. The van der Waals surface area contributed by atoms with Crippen molar-refractivity contribution in [1.82, 2.24) is 0 Å². The monoisotopic (exact) mass is 321 g/mol. The molecule has 1 heterocycles. The van der Waals surface area contributed by atoms with Crippen LogP contribution in [0.1, 0.15) is 17.5 Å². The van der Waals surface area contributed by atoms with Crippen molar-refractivity contribution in [3.8, 4) is 0 Å². The number of halogens is 4. The molecule has 1 fully saturated rings. The molecule has 0 radical (unpaired) electrons. The number of anilines is 1. The zero-order valence-corrected chi connectivity index (χ0v) is 11.2. The highest BCUT2D eigenvalue weighted by molar-refractivity contribution is 9.10. The van der Waals surface area contributed by atoms with Gasteiger partial charge in [0.2, 0.25) is 5.91 Å². The number of aryl methyl sites for hydroxylation is 1. The van der Waals surface area contributed by atoms with Crippen LogP contribution in [0.4, 0.5) is 18.9 Å². The van der Waals surface area contributed by atoms with E-state index in [0.29, 0.717) is 18.7 Å². The maximum absolute atomic E-state index is 12.8. The van der Waals surface area contributed by atoms with E-state index in [1.54, 1.807) is 6.07 Å². The molecule has 1 aliphatic rings. The Morgan fingerprint density at radius 2 is 2.06 bits per heavy atom. The van der Waals surface area contributed by atoms with E-state index in [-0.39, 0.29) is 16.3 Å². The minimum atomic E-state index is -4.39. The van der Waals surface area contributed by atoms with Gasteiger partial charge in [-0.3, -0.25) is 4.79 Å². The van der Waals surface area contributed by atoms with Gasteiger partial charge in [0.15, 0.2) is 0 Å². The van der Waals surface area contributed by atoms with E-state index in [2.05, 4.69) is 15.9 Å². The van der Waals surface area contributed by atoms with Gasteiger partial charge >= 0.3 is 6.18 Å². The van der Waals surface area contributed by atoms with Gasteiger partial charge in [-0.25, -0.2) is 0 Å². The van der Waals surface area contributed by atoms with Crippen LogP contribution in [0.3, 0.4) is 0 Å². The summed E-state index contributed by atoms with van der Waals surface area (Å²) >= 11 is 3.20. The Kier molecular flexibility index (Phi) is 3.40. The molecule has 0 aliphatic carbocycles. The largest absolute Gasteiger partial charge is 0.416 e. The number of benzene rings is 1. The normalized spacial score (nSPS) is 20.6. The zero-order chi connectivity index (χ0) is 13.5. The van der Waals surface area contributed by atoms with Crippen molar-refractivity contribution in [2.24, 2.45) is 0 Å². The minimum Gasteiger partial charge on any atom is -0.311 e. The van der Waals surface area contributed by atoms with E-state index in [4.69, 9.17) is 0 Å². The number of nitrogens with zero attached hydrogens (tertiary/aromatic N) is 1. The van der Waals surface area contributed by atoms with Gasteiger partial charge in [-0.05, 0) is 31.0 Å². The van der Waals surface area contributed by atoms with Crippen LogP contribution in [-0.4, -0.2) is 17.3 Å². The fraction of sp³-hybridized carbons (Fsp3) is 0.417. The molecule has 1 aromatic rings. The first-order chi connectivity index (χ1) is 8.30. The van der Waals surface area contributed by atoms with Crippen LogP contribution in [0.25, 0.3) is 0 Å². The van der Waals surface area contributed by atoms with Gasteiger partial charge in [-0.1, -0.05) is 22.0 Å². The van der Waals surface area contributed by atoms with Crippen LogP contribution in [0.2, 0.25) is 0 Å². The molecule has 1 unspecified atom stereocenters. The Morgan fingerprint density at radius 1 is 1.39 bits per heavy atom. The first kappa shape index (κ1) is 13.4. The summed E-state index contributed by atoms with van der Waals surface area (Å²) in [6.45, 7) is 1.85. The van der Waals surface area contributed by atoms with Crippen molar-refractivity contribution in [3.05, 3.63) is 29.3 Å². The van der Waals surface area contributed by atoms with Gasteiger partial charge in [-0.2, -0.15) is 13.2 Å². The Bertz CT molecular complexity index is 487. The minimum absolute atomic E-state index is 0.160. The third-order valence-corrected chi connectivity index (χ3v) is 3.83. The number of rotatable bonds is 1. The molecular weight excluding hydrogens is 311 g/mol. The fourth-order valence-corrected chi connectivity index (χ4v) is 2.44. The van der Waals surface area contributed by atoms with E-state index >= 15 is 0 Å². The lowest BCUT2D eigenvalue weighted by Crippen LogP contribution is -2.27. The Hall–Kier alpha value is -1.04. The second-order valence-corrected chi connectivity index (χ2v) is 5.35. The van der Waals surface area contributed by atoms with Crippen molar-refractivity contribution in [3.63, 3.8) is 0 Å². The van der Waals surface area contributed by atoms with Gasteiger partial charge < -0.3 is 4.90 Å². The highest BCUT2D eigenvalue weighted by Gasteiger charge is 2.35. The van der Waals surface area contributed by atoms with Crippen molar-refractivity contribution in [1.29, 1.82) is 0 Å². The lowest BCUT2D eigenvalue weighted by Gasteiger charge is -2.19. The standard InChI is InChI=1S/C12H11BrF3NO/c1-7-2-3-8(6-9(7)12(14,15)16)17-5-4-10(13)11(17)18/h2-3,6,10H,4-5H2,1H3. The van der Waals surface area contributed by atoms with E-state index in [1.807, 2.05) is 0 Å². The van der Waals surface area contributed by atoms with Gasteiger partial charge in [0.05, 0.1) is 10.4 Å². The molecule has 2 rings (SSSR count). The summed E-state index contributed by atoms with van der Waals surface area (Å²) in [6.07, 6.45) is -3.79. The number of carbonyl (C=O) groups excluding carboxylic acids is 1. The van der Waals surface area contributed by atoms with Crippen LogP contribution in [0, 0.1) is 6.92 Å². The summed E-state index contributed by atoms with van der Waals surface area (Å²) in [5.74, 6) is -0.188. The summed E-state index contributed by atoms with van der Waals surface area (Å²) in [6, 6.07) is 3.98. The quantitative estimate of drug-likeness (QED) is 0.725. The smallest absolute Gasteiger partial charge is 0.311 e. The summed E-state index contributed by atoms with van der Waals surface area (Å²) in [4.78, 5) is 12.8. The van der Waals surface area contributed by atoms with Gasteiger partial charge in [0.25, 0.3) is 0 Å². The van der Waals surface area contributed by atoms with Crippen molar-refractivity contribution in [2.75, 3.05) is 11.4 Å². The average molecular weight is 322 g/mol. The van der Waals surface area contributed by atoms with Crippen LogP contribution in [-0.2, 0) is 11.0 Å². The highest BCUT2D eigenvalue weighted by atomic mass is 79.9. The number of hydrogen-bond donors (Lipinski definition) is 0. The maximum Gasteiger partial charge on any atom is 0.416 e. The topological polar surface area (TPSA) is 20.3 Å². The van der Waals surface area contributed by atoms with E-state index in [1.165, 1.54) is 17.9 Å². The van der Waals surface area contributed by atoms with E-state index < -0.39 is 11.7 Å². The van der Waals surface area contributed by atoms with E-state index in [9.17, 15) is 18.0 Å². The molecular formula is C12H11BrF3NO. The predicted octanol–water partition coefficient (Wildman–Crippen LogP) is 3.51. The number of carbonyl (C=O) groups is 1. The summed E-state index contributed by atoms with van der Waals surface area (Å²) < 4.78 is 38.3. The summed E-state index contributed by atoms with van der Waals surface area (Å²) in [5, 5.41) is 0. The number of alkyl halides is 4.